The Kier molecular flexibility index (Phi) is 30.4. The summed E-state index contributed by atoms with van der Waals surface area (Å²) in [5.41, 5.74) is 16.0. The third-order valence-corrected chi connectivity index (χ3v) is 29.3. The number of nitrogens with one attached hydrogen (secondary N) is 3. The van der Waals surface area contributed by atoms with E-state index >= 15 is 0 Å². The molecule has 7 aliphatic heterocycles. The van der Waals surface area contributed by atoms with Crippen molar-refractivity contribution in [2.75, 3.05) is 174 Å². The summed E-state index contributed by atoms with van der Waals surface area (Å²) >= 11 is 1.19. The lowest BCUT2D eigenvalue weighted by Crippen LogP contribution is -2.47. The standard InChI is InChI=1S/C37H43N5O5.C33H41N5O3.C30H38N4O5S2/c1-25(27-10-6-5-7-11-27)40-18-20-41(21-19-40)33-13-8-12-29-31(33)24-42(37(29)44)32(28-15-16-34(45-3)35(22-28)46-4)14-9-17-38-36(43)30-23-39-47-26(30)2;1-4-36-17-19-37(20-18-36)29-9-5-8-26-27(29)22-38(33(26)39)28(24-11-15-30(40-2)31(21-24)41-3)14-13-25-12-10-23-7-6-16-34-32(23)35-25;1-4-32-15-17-33(18-16-32)26-9-5-8-23-24(26)21-34(30(23)35)25(22-12-13-27(38-2)28(20-22)39-3)10-6-14-31-41(36,37)29-11-7-19-40-29/h5-8,10-13,15-16,22-23,25,32H,9,14,17-21,24H2,1-4H3,(H,38,43);5,8-12,15,21,28H,4,6-7,13-14,16-20,22H2,1-3H3,(H,34,35);5,7-9,11-13,19-20,25,31H,4,6,10,14-18,21H2,1-3H3/t25-,32-;28-;25-/m111/s1. The highest BCUT2D eigenvalue weighted by Gasteiger charge is 2.41. The number of ether oxygens (including phenoxy) is 6. The van der Waals surface area contributed by atoms with Crippen molar-refractivity contribution in [1.82, 2.24) is 49.6 Å². The molecule has 29 heteroatoms. The number of methoxy groups -OCH3 is 6. The third kappa shape index (κ3) is 20.8. The summed E-state index contributed by atoms with van der Waals surface area (Å²) in [6, 6.07) is 54.0. The Morgan fingerprint density at radius 1 is 0.512 bits per heavy atom. The highest BCUT2D eigenvalue weighted by Crippen LogP contribution is 2.46. The largest absolute Gasteiger partial charge is 0.493 e. The number of thiophene rings is 1. The second-order valence-electron chi connectivity index (χ2n) is 33.6. The normalized spacial score (nSPS) is 16.7. The first-order valence-corrected chi connectivity index (χ1v) is 47.6. The number of aromatic nitrogens is 2. The van der Waals surface area contributed by atoms with Crippen LogP contribution < -0.4 is 58.5 Å². The predicted molar refractivity (Wildman–Crippen MR) is 504 cm³/mol. The SMILES string of the molecule is CCN1CCN(c2cccc3c2CN([C@H](CCCNS(=O)(=O)c2cccs2)c2ccc(OC)c(OC)c2)C3=O)CC1.CCN1CCN(c2cccc3c2CN([C@H](CCc2ccc4c(n2)NCCC4)c2ccc(OC)c(OC)c2)C3=O)CC1.COc1ccc([C@@H](CCCNC(=O)c2cnoc2C)N2Cc3c(cccc3N3CCN([C@H](C)c4ccccc4)CC3)C2=O)cc1OC. The molecule has 7 aliphatic rings. The van der Waals surface area contributed by atoms with E-state index in [9.17, 15) is 27.6 Å². The van der Waals surface area contributed by atoms with E-state index in [1.807, 2.05) is 99.6 Å². The fraction of sp³-hybridized carbons (Fsp3) is 0.420. The molecular formula is C100H122N14O13S2. The Labute approximate surface area is 762 Å². The average molecular weight is 1790 g/mol. The fourth-order valence-electron chi connectivity index (χ4n) is 19.1. The Balaban J connectivity index is 0.000000149. The van der Waals surface area contributed by atoms with E-state index in [2.05, 4.69) is 137 Å². The minimum atomic E-state index is -3.55. The molecule has 129 heavy (non-hydrogen) atoms. The number of likely N-dealkylation sites (N-methyl/N-ethyl adjacent to an activating group) is 2. The third-order valence-electron chi connectivity index (χ3n) is 26.5. The van der Waals surface area contributed by atoms with Crippen LogP contribution in [-0.4, -0.2) is 226 Å². The number of nitrogens with zero attached hydrogens (tertiary/aromatic N) is 11. The Morgan fingerprint density at radius 2 is 0.969 bits per heavy atom. The zero-order valence-corrected chi connectivity index (χ0v) is 77.5. The summed E-state index contributed by atoms with van der Waals surface area (Å²) in [5.74, 6) is 5.16. The van der Waals surface area contributed by atoms with Crippen molar-refractivity contribution in [3.05, 3.63) is 254 Å². The van der Waals surface area contributed by atoms with Crippen LogP contribution in [0.25, 0.3) is 0 Å². The summed E-state index contributed by atoms with van der Waals surface area (Å²) in [7, 11) is 6.16. The molecule has 3 fully saturated rings. The first-order chi connectivity index (χ1) is 62.8. The molecule has 0 saturated carbocycles. The number of amides is 4. The molecule has 17 rings (SSSR count). The lowest BCUT2D eigenvalue weighted by molar-refractivity contribution is 0.0681. The van der Waals surface area contributed by atoms with Gasteiger partial charge >= 0.3 is 0 Å². The lowest BCUT2D eigenvalue weighted by Gasteiger charge is -2.40. The molecule has 4 amide bonds. The molecule has 0 unspecified atom stereocenters. The van der Waals surface area contributed by atoms with Crippen molar-refractivity contribution in [3.63, 3.8) is 0 Å². The van der Waals surface area contributed by atoms with Crippen LogP contribution in [0.5, 0.6) is 34.5 Å². The van der Waals surface area contributed by atoms with Gasteiger partial charge in [0.25, 0.3) is 23.6 Å². The Hall–Kier alpha value is -11.7. The van der Waals surface area contributed by atoms with E-state index in [1.54, 1.807) is 67.1 Å². The summed E-state index contributed by atoms with van der Waals surface area (Å²) in [6.07, 6.45) is 7.59. The topological polar surface area (TPSA) is 262 Å². The van der Waals surface area contributed by atoms with Crippen LogP contribution in [0.2, 0.25) is 0 Å². The molecule has 10 aromatic rings. The number of rotatable bonds is 33. The smallest absolute Gasteiger partial charge is 0.256 e. The van der Waals surface area contributed by atoms with Gasteiger partial charge in [-0.05, 0) is 196 Å². The summed E-state index contributed by atoms with van der Waals surface area (Å²) in [4.78, 5) is 80.3. The molecular weight excluding hydrogens is 1670 g/mol. The van der Waals surface area contributed by atoms with E-state index in [0.29, 0.717) is 108 Å². The first kappa shape index (κ1) is 92.0. The van der Waals surface area contributed by atoms with Gasteiger partial charge in [0.2, 0.25) is 10.0 Å². The van der Waals surface area contributed by atoms with Crippen molar-refractivity contribution in [3.8, 4) is 34.5 Å². The zero-order chi connectivity index (χ0) is 90.2. The van der Waals surface area contributed by atoms with Gasteiger partial charge in [0.15, 0.2) is 34.5 Å². The van der Waals surface area contributed by atoms with Gasteiger partial charge < -0.3 is 82.8 Å². The minimum Gasteiger partial charge on any atom is -0.493 e. The quantitative estimate of drug-likeness (QED) is 0.0323. The number of benzene rings is 7. The number of piperazine rings is 3. The zero-order valence-electron chi connectivity index (χ0n) is 75.9. The lowest BCUT2D eigenvalue weighted by atomic mass is 9.98. The molecule has 0 aliphatic carbocycles. The monoisotopic (exact) mass is 1790 g/mol. The van der Waals surface area contributed by atoms with Crippen molar-refractivity contribution in [1.29, 1.82) is 0 Å². The number of hydrogen-bond donors (Lipinski definition) is 3. The maximum Gasteiger partial charge on any atom is 0.256 e. The number of pyridine rings is 1. The molecule has 3 aromatic heterocycles. The maximum absolute atomic E-state index is 14.1. The second kappa shape index (κ2) is 42.7. The van der Waals surface area contributed by atoms with E-state index in [0.717, 1.165) is 197 Å². The summed E-state index contributed by atoms with van der Waals surface area (Å²) in [5, 5.41) is 11.9. The van der Waals surface area contributed by atoms with Gasteiger partial charge in [0, 0.05) is 180 Å². The fourth-order valence-corrected chi connectivity index (χ4v) is 21.3. The number of sulfonamides is 1. The number of aryl methyl sites for hydroxylation is 3. The van der Waals surface area contributed by atoms with E-state index < -0.39 is 10.0 Å². The highest BCUT2D eigenvalue weighted by molar-refractivity contribution is 7.91. The summed E-state index contributed by atoms with van der Waals surface area (Å²) in [6.45, 7) is 25.4. The molecule has 3 saturated heterocycles. The predicted octanol–water partition coefficient (Wildman–Crippen LogP) is 15.1. The Morgan fingerprint density at radius 3 is 1.40 bits per heavy atom. The van der Waals surface area contributed by atoms with Gasteiger partial charge in [-0.2, -0.15) is 0 Å². The minimum absolute atomic E-state index is 0.00649. The molecule has 0 bridgehead atoms. The molecule has 0 spiro atoms. The number of hydrogen-bond acceptors (Lipinski definition) is 23. The summed E-state index contributed by atoms with van der Waals surface area (Å²) < 4.78 is 66.7. The van der Waals surface area contributed by atoms with Crippen molar-refractivity contribution in [2.24, 2.45) is 0 Å². The Bertz CT molecular complexity index is 5640. The van der Waals surface area contributed by atoms with Gasteiger partial charge in [-0.25, -0.2) is 18.1 Å². The van der Waals surface area contributed by atoms with E-state index in [-0.39, 0.29) is 48.3 Å². The van der Waals surface area contributed by atoms with Crippen LogP contribution in [0.3, 0.4) is 0 Å². The van der Waals surface area contributed by atoms with Crippen LogP contribution >= 0.6 is 11.3 Å². The number of anilines is 4. The van der Waals surface area contributed by atoms with Gasteiger partial charge in [0.05, 0.1) is 67.0 Å². The molecule has 3 N–H and O–H groups in total. The van der Waals surface area contributed by atoms with Crippen molar-refractivity contribution in [2.45, 2.75) is 127 Å². The van der Waals surface area contributed by atoms with Gasteiger partial charge in [-0.3, -0.25) is 24.1 Å². The van der Waals surface area contributed by atoms with Gasteiger partial charge in [-0.15, -0.1) is 11.3 Å². The first-order valence-electron chi connectivity index (χ1n) is 45.2. The number of fused-ring (bicyclic) bond motifs is 4. The van der Waals surface area contributed by atoms with Crippen LogP contribution in [0.15, 0.2) is 184 Å². The van der Waals surface area contributed by atoms with Crippen molar-refractivity contribution >= 4 is 67.9 Å². The second-order valence-corrected chi connectivity index (χ2v) is 36.5. The number of carbonyl (C=O) groups is 4. The highest BCUT2D eigenvalue weighted by atomic mass is 32.2. The van der Waals surface area contributed by atoms with Gasteiger partial charge in [-0.1, -0.05) is 97.9 Å². The average Bonchev–Trinajstić information content (AvgIpc) is 1.62. The van der Waals surface area contributed by atoms with Crippen LogP contribution in [0.1, 0.15) is 181 Å². The van der Waals surface area contributed by atoms with Crippen LogP contribution in [-0.2, 0) is 42.5 Å². The van der Waals surface area contributed by atoms with Crippen LogP contribution in [0.4, 0.5) is 22.9 Å². The number of carbonyl (C=O) groups excluding carboxylic acids is 4. The maximum atomic E-state index is 14.1. The molecule has 0 radical (unpaired) electrons. The molecule has 682 valence electrons. The van der Waals surface area contributed by atoms with Crippen molar-refractivity contribution < 1.29 is 60.5 Å². The molecule has 10 heterocycles. The molecule has 27 nitrogen and oxygen atoms in total. The van der Waals surface area contributed by atoms with E-state index in [4.69, 9.17) is 37.9 Å². The molecule has 7 aromatic carbocycles. The molecule has 4 atom stereocenters. The van der Waals surface area contributed by atoms with Gasteiger partial charge in [0.1, 0.15) is 21.4 Å². The van der Waals surface area contributed by atoms with Crippen LogP contribution in [0, 0.1) is 6.92 Å². The van der Waals surface area contributed by atoms with E-state index in [1.165, 1.54) is 34.3 Å².